The van der Waals surface area contributed by atoms with Gasteiger partial charge in [0.2, 0.25) is 0 Å². The van der Waals surface area contributed by atoms with Gasteiger partial charge in [-0.25, -0.2) is 9.69 Å². The molecule has 1 N–H and O–H groups in total. The van der Waals surface area contributed by atoms with Crippen molar-refractivity contribution < 1.29 is 9.53 Å². The number of halogens is 1. The van der Waals surface area contributed by atoms with Gasteiger partial charge in [0.25, 0.3) is 5.24 Å². The van der Waals surface area contributed by atoms with Gasteiger partial charge in [0.1, 0.15) is 5.75 Å². The molecule has 1 spiro atoms. The van der Waals surface area contributed by atoms with E-state index in [2.05, 4.69) is 39.4 Å². The van der Waals surface area contributed by atoms with E-state index in [-0.39, 0.29) is 11.3 Å². The van der Waals surface area contributed by atoms with Crippen LogP contribution in [0.5, 0.6) is 5.75 Å². The summed E-state index contributed by atoms with van der Waals surface area (Å²) in [5.74, 6) is -0.599. The molecule has 1 fully saturated rings. The molecule has 0 radical (unpaired) electrons. The first-order chi connectivity index (χ1) is 21.1. The van der Waals surface area contributed by atoms with E-state index >= 15 is 0 Å². The van der Waals surface area contributed by atoms with E-state index in [4.69, 9.17) is 14.9 Å². The lowest BCUT2D eigenvalue weighted by molar-refractivity contribution is -0.0949. The molecule has 3 aliphatic heterocycles. The highest BCUT2D eigenvalue weighted by Crippen LogP contribution is 2.53. The van der Waals surface area contributed by atoms with E-state index in [0.717, 1.165) is 55.6 Å². The Morgan fingerprint density at radius 2 is 1.63 bits per heavy atom. The van der Waals surface area contributed by atoms with Crippen molar-refractivity contribution in [3.63, 3.8) is 0 Å². The third kappa shape index (κ3) is 4.47. The molecule has 43 heavy (non-hydrogen) atoms. The van der Waals surface area contributed by atoms with Crippen LogP contribution in [0, 0.1) is 0 Å². The first-order valence-electron chi connectivity index (χ1n) is 13.9. The second-order valence-electron chi connectivity index (χ2n) is 10.5. The van der Waals surface area contributed by atoms with Crippen LogP contribution in [0.3, 0.4) is 0 Å². The fourth-order valence-electron chi connectivity index (χ4n) is 5.86. The first kappa shape index (κ1) is 26.1. The van der Waals surface area contributed by atoms with Crippen molar-refractivity contribution in [3.05, 3.63) is 141 Å². The lowest BCUT2D eigenvalue weighted by Crippen LogP contribution is -2.61. The Labute approximate surface area is 261 Å². The maximum absolute atomic E-state index is 13.2. The maximum atomic E-state index is 13.2. The molecule has 8 rings (SSSR count). The lowest BCUT2D eigenvalue weighted by Gasteiger charge is -2.45. The first-order valence-corrected chi connectivity index (χ1v) is 15.5. The molecule has 0 bridgehead atoms. The van der Waals surface area contributed by atoms with E-state index < -0.39 is 5.85 Å². The summed E-state index contributed by atoms with van der Waals surface area (Å²) in [6.07, 6.45) is 4.68. The lowest BCUT2D eigenvalue weighted by atomic mass is 9.95. The van der Waals surface area contributed by atoms with Crippen LogP contribution in [0.2, 0.25) is 0 Å². The van der Waals surface area contributed by atoms with E-state index in [1.807, 2.05) is 113 Å². The number of hydrogen-bond donors (Lipinski definition) is 1. The minimum atomic E-state index is -1.31. The highest BCUT2D eigenvalue weighted by Gasteiger charge is 2.58. The van der Waals surface area contributed by atoms with Crippen molar-refractivity contribution in [2.24, 2.45) is 5.10 Å². The number of carbonyl (C=O) groups is 1. The molecule has 1 saturated heterocycles. The van der Waals surface area contributed by atoms with Crippen LogP contribution < -0.4 is 10.1 Å². The van der Waals surface area contributed by atoms with E-state index in [0.29, 0.717) is 17.1 Å². The summed E-state index contributed by atoms with van der Waals surface area (Å²) in [4.78, 5) is 13.9. The van der Waals surface area contributed by atoms with E-state index in [1.54, 1.807) is 0 Å². The van der Waals surface area contributed by atoms with Crippen molar-refractivity contribution >= 4 is 44.7 Å². The Bertz CT molecular complexity index is 1930. The number of fused-ring (bicyclic) bond motifs is 4. The van der Waals surface area contributed by atoms with Crippen LogP contribution in [-0.2, 0) is 0 Å². The predicted molar refractivity (Wildman–Crippen MR) is 173 cm³/mol. The zero-order chi connectivity index (χ0) is 29.0. The molecule has 4 aromatic carbocycles. The monoisotopic (exact) mass is 645 g/mol. The van der Waals surface area contributed by atoms with Crippen LogP contribution in [0.4, 0.5) is 4.79 Å². The van der Waals surface area contributed by atoms with Gasteiger partial charge in [-0.15, -0.1) is 0 Å². The Hall–Kier alpha value is -4.60. The molecule has 2 atom stereocenters. The molecule has 1 aromatic heterocycles. The molecule has 1 amide bonds. The van der Waals surface area contributed by atoms with Gasteiger partial charge in [0.05, 0.1) is 28.0 Å². The summed E-state index contributed by atoms with van der Waals surface area (Å²) in [5.41, 5.74) is 6.58. The third-order valence-electron chi connectivity index (χ3n) is 7.83. The minimum absolute atomic E-state index is 0.139. The van der Waals surface area contributed by atoms with E-state index in [9.17, 15) is 4.79 Å². The van der Waals surface area contributed by atoms with Gasteiger partial charge in [-0.3, -0.25) is 10.1 Å². The molecule has 2 unspecified atom stereocenters. The highest BCUT2D eigenvalue weighted by atomic mass is 79.9. The Kier molecular flexibility index (Phi) is 6.24. The zero-order valence-electron chi connectivity index (χ0n) is 22.7. The minimum Gasteiger partial charge on any atom is -0.444 e. The number of aromatic nitrogens is 2. The molecule has 3 aliphatic rings. The van der Waals surface area contributed by atoms with Crippen LogP contribution in [0.1, 0.15) is 29.2 Å². The maximum Gasteiger partial charge on any atom is 0.314 e. The smallest absolute Gasteiger partial charge is 0.314 e. The van der Waals surface area contributed by atoms with Gasteiger partial charge in [0, 0.05) is 33.8 Å². The number of benzene rings is 4. The summed E-state index contributed by atoms with van der Waals surface area (Å²) < 4.78 is 9.60. The fraction of sp³-hybridized carbons (Fsp3) is 0.0882. The van der Waals surface area contributed by atoms with E-state index in [1.165, 1.54) is 0 Å². The molecular formula is C34H24BrN5O2S. The molecule has 9 heteroatoms. The Balaban J connectivity index is 1.31. The molecule has 7 nitrogen and oxygen atoms in total. The molecule has 5 aromatic rings. The third-order valence-corrected chi connectivity index (χ3v) is 9.23. The molecule has 4 heterocycles. The van der Waals surface area contributed by atoms with Gasteiger partial charge in [-0.2, -0.15) is 10.2 Å². The zero-order valence-corrected chi connectivity index (χ0v) is 25.1. The second-order valence-corrected chi connectivity index (χ2v) is 12.4. The number of thioether (sulfide) groups is 1. The van der Waals surface area contributed by atoms with Crippen molar-refractivity contribution in [1.29, 1.82) is 0 Å². The average Bonchev–Trinajstić information content (AvgIpc) is 3.76. The number of ether oxygens (including phenoxy) is 1. The van der Waals surface area contributed by atoms with Crippen molar-refractivity contribution in [2.75, 3.05) is 0 Å². The van der Waals surface area contributed by atoms with Crippen LogP contribution >= 0.6 is 27.7 Å². The normalized spacial score (nSPS) is 21.4. The predicted octanol–water partition coefficient (Wildman–Crippen LogP) is 8.00. The van der Waals surface area contributed by atoms with Gasteiger partial charge in [-0.1, -0.05) is 94.8 Å². The number of amides is 1. The summed E-state index contributed by atoms with van der Waals surface area (Å²) >= 11 is 4.76. The number of hydrazone groups is 1. The number of nitrogens with one attached hydrogen (secondary N) is 1. The number of rotatable bonds is 4. The van der Waals surface area contributed by atoms with Crippen molar-refractivity contribution in [3.8, 4) is 22.7 Å². The molecule has 0 saturated carbocycles. The standard InChI is InChI=1S/C34H24BrN5O2S/c35-25-16-17-30-27(19-25)29-20-28(22-10-4-1-5-11-22)37-40(29)34(42-30)31(43-33(41)36-34)18-24-21-39(26-14-8-3-9-15-26)38-32(24)23-12-6-2-7-13-23/h1-19,21,29H,20H2,(H,36,41)/b31-18-. The van der Waals surface area contributed by atoms with Crippen LogP contribution in [0.25, 0.3) is 23.0 Å². The Morgan fingerprint density at radius 3 is 2.37 bits per heavy atom. The van der Waals surface area contributed by atoms with Crippen LogP contribution in [-0.4, -0.2) is 31.6 Å². The average molecular weight is 647 g/mol. The summed E-state index contributed by atoms with van der Waals surface area (Å²) in [6.45, 7) is 0. The largest absolute Gasteiger partial charge is 0.444 e. The second kappa shape index (κ2) is 10.3. The Morgan fingerprint density at radius 1 is 0.930 bits per heavy atom. The molecular weight excluding hydrogens is 622 g/mol. The van der Waals surface area contributed by atoms with Gasteiger partial charge in [-0.05, 0) is 53.7 Å². The highest BCUT2D eigenvalue weighted by molar-refractivity contribution is 9.10. The fourth-order valence-corrected chi connectivity index (χ4v) is 7.14. The number of nitrogens with zero attached hydrogens (tertiary/aromatic N) is 4. The summed E-state index contributed by atoms with van der Waals surface area (Å²) in [6, 6.07) is 36.1. The van der Waals surface area contributed by atoms with Gasteiger partial charge in [0.15, 0.2) is 0 Å². The van der Waals surface area contributed by atoms with Gasteiger partial charge >= 0.3 is 5.85 Å². The summed E-state index contributed by atoms with van der Waals surface area (Å²) in [5, 5.41) is 15.0. The van der Waals surface area contributed by atoms with Crippen molar-refractivity contribution in [2.45, 2.75) is 18.3 Å². The summed E-state index contributed by atoms with van der Waals surface area (Å²) in [7, 11) is 0. The molecule has 0 aliphatic carbocycles. The van der Waals surface area contributed by atoms with Crippen LogP contribution in [0.15, 0.2) is 130 Å². The topological polar surface area (TPSA) is 71.8 Å². The SMILES string of the molecule is O=C1NC2(Oc3ccc(Br)cc3C3CC(c4ccccc4)=NN32)/C(=C/c2cn(-c3ccccc3)nc2-c2ccccc2)S1. The quantitative estimate of drug-likeness (QED) is 0.214. The number of para-hydroxylation sites is 1. The van der Waals surface area contributed by atoms with Crippen molar-refractivity contribution in [1.82, 2.24) is 20.1 Å². The van der Waals surface area contributed by atoms with Gasteiger partial charge < -0.3 is 4.74 Å². The number of carbonyl (C=O) groups excluding carboxylic acids is 1. The number of hydrogen-bond acceptors (Lipinski definition) is 6. The molecule has 210 valence electrons.